The smallest absolute Gasteiger partial charge is 0.264 e. The normalized spacial score (nSPS) is 16.6. The summed E-state index contributed by atoms with van der Waals surface area (Å²) in [5.74, 6) is 1.72. The van der Waals surface area contributed by atoms with Crippen molar-refractivity contribution in [3.63, 3.8) is 0 Å². The molecule has 11 nitrogen and oxygen atoms in total. The number of likely N-dealkylation sites (tertiary alicyclic amines) is 1. The van der Waals surface area contributed by atoms with Gasteiger partial charge in [0.2, 0.25) is 5.82 Å². The number of H-pyrrole nitrogens is 1. The minimum atomic E-state index is -0.606. The Bertz CT molecular complexity index is 1680. The van der Waals surface area contributed by atoms with Crippen LogP contribution in [0.3, 0.4) is 0 Å². The van der Waals surface area contributed by atoms with Gasteiger partial charge in [-0.3, -0.25) is 9.59 Å². The summed E-state index contributed by atoms with van der Waals surface area (Å²) in [5.41, 5.74) is 1.48. The molecule has 1 saturated heterocycles. The number of fused-ring (bicyclic) bond motifs is 2. The molecule has 38 heavy (non-hydrogen) atoms. The van der Waals surface area contributed by atoms with E-state index in [2.05, 4.69) is 30.7 Å². The van der Waals surface area contributed by atoms with Crippen molar-refractivity contribution in [3.05, 3.63) is 64.8 Å². The zero-order valence-electron chi connectivity index (χ0n) is 20.4. The Balaban J connectivity index is 1.09. The van der Waals surface area contributed by atoms with E-state index in [0.717, 1.165) is 21.7 Å². The number of nitrogens with one attached hydrogen (secondary N) is 1. The first-order valence-electron chi connectivity index (χ1n) is 12.3. The number of nitrogens with zero attached hydrogens (tertiary/aromatic N) is 7. The van der Waals surface area contributed by atoms with E-state index >= 15 is 0 Å². The van der Waals surface area contributed by atoms with Crippen molar-refractivity contribution in [2.24, 2.45) is 0 Å². The number of ketones is 1. The van der Waals surface area contributed by atoms with E-state index in [9.17, 15) is 9.59 Å². The number of hydrogen-bond donors (Lipinski definition) is 1. The Morgan fingerprint density at radius 3 is 2.79 bits per heavy atom. The Kier molecular flexibility index (Phi) is 5.11. The van der Waals surface area contributed by atoms with Crippen molar-refractivity contribution in [3.8, 4) is 23.0 Å². The van der Waals surface area contributed by atoms with Gasteiger partial charge in [0.1, 0.15) is 16.2 Å². The van der Waals surface area contributed by atoms with Crippen molar-refractivity contribution in [2.75, 3.05) is 13.1 Å². The number of rotatable bonds is 3. The van der Waals surface area contributed by atoms with E-state index in [-0.39, 0.29) is 18.1 Å². The van der Waals surface area contributed by atoms with Gasteiger partial charge in [0.05, 0.1) is 22.6 Å². The van der Waals surface area contributed by atoms with Crippen LogP contribution in [0.2, 0.25) is 0 Å². The zero-order valence-corrected chi connectivity index (χ0v) is 21.2. The van der Waals surface area contributed by atoms with Crippen LogP contribution in [0.1, 0.15) is 45.0 Å². The summed E-state index contributed by atoms with van der Waals surface area (Å²) in [6.07, 6.45) is 3.18. The van der Waals surface area contributed by atoms with Gasteiger partial charge in [-0.05, 0) is 48.5 Å². The first kappa shape index (κ1) is 22.7. The summed E-state index contributed by atoms with van der Waals surface area (Å²) in [6.45, 7) is 2.97. The number of aryl methyl sites for hydroxylation is 1. The van der Waals surface area contributed by atoms with E-state index in [1.807, 2.05) is 42.2 Å². The van der Waals surface area contributed by atoms with Crippen molar-refractivity contribution in [1.82, 2.24) is 40.3 Å². The number of amides is 1. The molecule has 1 spiro atoms. The number of Topliss-reactive ketones (excluding diaryl/α,β-unsaturated/α-hetero) is 1. The lowest BCUT2D eigenvalue weighted by molar-refractivity contribution is -0.00557. The van der Waals surface area contributed by atoms with Crippen LogP contribution in [0.25, 0.3) is 27.4 Å². The van der Waals surface area contributed by atoms with Gasteiger partial charge in [-0.25, -0.2) is 9.67 Å². The molecule has 7 rings (SSSR count). The average molecular weight is 527 g/mol. The molecule has 0 bridgehead atoms. The number of thiophene rings is 1. The van der Waals surface area contributed by atoms with Crippen molar-refractivity contribution in [1.29, 1.82) is 0 Å². The monoisotopic (exact) mass is 526 g/mol. The summed E-state index contributed by atoms with van der Waals surface area (Å²) < 4.78 is 8.21. The van der Waals surface area contributed by atoms with E-state index in [4.69, 9.17) is 4.74 Å². The Morgan fingerprint density at radius 1 is 1.16 bits per heavy atom. The number of hydrogen-bond acceptors (Lipinski definition) is 9. The van der Waals surface area contributed by atoms with Crippen LogP contribution in [-0.4, -0.2) is 70.7 Å². The van der Waals surface area contributed by atoms with Crippen LogP contribution in [0.4, 0.5) is 0 Å². The van der Waals surface area contributed by atoms with E-state index < -0.39 is 5.60 Å². The maximum atomic E-state index is 13.5. The second kappa shape index (κ2) is 8.55. The number of carbonyl (C=O) groups excluding carboxylic acids is 2. The predicted octanol–water partition coefficient (Wildman–Crippen LogP) is 3.61. The van der Waals surface area contributed by atoms with E-state index in [1.165, 1.54) is 11.3 Å². The lowest BCUT2D eigenvalue weighted by Gasteiger charge is -2.43. The Labute approximate surface area is 220 Å². The topological polar surface area (TPSA) is 132 Å². The van der Waals surface area contributed by atoms with Gasteiger partial charge in [-0.1, -0.05) is 6.07 Å². The van der Waals surface area contributed by atoms with E-state index in [1.54, 1.807) is 23.0 Å². The van der Waals surface area contributed by atoms with Crippen molar-refractivity contribution >= 4 is 33.2 Å². The molecule has 6 heterocycles. The highest BCUT2D eigenvalue weighted by Crippen LogP contribution is 2.41. The third-order valence-electron chi connectivity index (χ3n) is 7.28. The first-order chi connectivity index (χ1) is 18.5. The van der Waals surface area contributed by atoms with Crippen LogP contribution < -0.4 is 4.74 Å². The molecule has 1 amide bonds. The highest BCUT2D eigenvalue weighted by Gasteiger charge is 2.44. The number of carbonyl (C=O) groups is 2. The molecule has 0 aliphatic carbocycles. The maximum Gasteiger partial charge on any atom is 0.264 e. The fourth-order valence-electron chi connectivity index (χ4n) is 5.26. The number of piperidine rings is 1. The molecule has 0 saturated carbocycles. The molecule has 1 aromatic carbocycles. The number of pyridine rings is 1. The van der Waals surface area contributed by atoms with Crippen LogP contribution in [0, 0.1) is 6.92 Å². The molecule has 5 aromatic rings. The molecule has 4 aromatic heterocycles. The van der Waals surface area contributed by atoms with Gasteiger partial charge < -0.3 is 9.64 Å². The Hall–Kier alpha value is -4.45. The molecular weight excluding hydrogens is 504 g/mol. The lowest BCUT2D eigenvalue weighted by Crippen LogP contribution is -2.52. The molecule has 2 aliphatic heterocycles. The van der Waals surface area contributed by atoms with Gasteiger partial charge in [0.15, 0.2) is 11.6 Å². The van der Waals surface area contributed by atoms with Gasteiger partial charge in [0, 0.05) is 43.1 Å². The van der Waals surface area contributed by atoms with Crippen molar-refractivity contribution < 1.29 is 14.3 Å². The maximum absolute atomic E-state index is 13.5. The molecule has 190 valence electrons. The van der Waals surface area contributed by atoms with Crippen molar-refractivity contribution in [2.45, 2.75) is 31.8 Å². The zero-order chi connectivity index (χ0) is 25.9. The number of aromatic amines is 1. The SMILES string of the molecule is Cc1nn(-c2ccccn2)c2sc(C(=O)N3CCC4(CC3)CC(=O)c3cc(-c5nn[nH]n5)ccc3O4)cc12. The third-order valence-corrected chi connectivity index (χ3v) is 8.37. The minimum Gasteiger partial charge on any atom is -0.486 e. The molecular formula is C26H22N8O3S. The minimum absolute atomic E-state index is 0.0136. The van der Waals surface area contributed by atoms with E-state index in [0.29, 0.717) is 53.5 Å². The summed E-state index contributed by atoms with van der Waals surface area (Å²) in [4.78, 5) is 34.4. The fraction of sp³-hybridized carbons (Fsp3) is 0.269. The lowest BCUT2D eigenvalue weighted by atomic mass is 9.82. The van der Waals surface area contributed by atoms with Crippen LogP contribution >= 0.6 is 11.3 Å². The number of ether oxygens (including phenoxy) is 1. The van der Waals surface area contributed by atoms with Crippen LogP contribution in [-0.2, 0) is 0 Å². The standard InChI is InChI=1S/C26H22N8O3S/c1-15-17-13-21(38-25(17)34(30-15)22-4-2-3-9-27-22)24(36)33-10-7-26(8-11-33)14-19(35)18-12-16(5-6-20(18)37-26)23-28-31-32-29-23/h2-6,9,12-13H,7-8,10-11,14H2,1H3,(H,28,29,31,32). The molecule has 0 atom stereocenters. The average Bonchev–Trinajstić information content (AvgIpc) is 3.68. The van der Waals surface area contributed by atoms with Crippen LogP contribution in [0.5, 0.6) is 5.75 Å². The fourth-order valence-corrected chi connectivity index (χ4v) is 6.40. The number of benzene rings is 1. The summed E-state index contributed by atoms with van der Waals surface area (Å²) in [7, 11) is 0. The summed E-state index contributed by atoms with van der Waals surface area (Å²) in [5, 5.41) is 19.5. The Morgan fingerprint density at radius 2 is 2.03 bits per heavy atom. The second-order valence-corrected chi connectivity index (χ2v) is 10.7. The number of aromatic nitrogens is 7. The van der Waals surface area contributed by atoms with Gasteiger partial charge in [-0.15, -0.1) is 21.5 Å². The van der Waals surface area contributed by atoms with Crippen LogP contribution in [0.15, 0.2) is 48.7 Å². The predicted molar refractivity (Wildman–Crippen MR) is 139 cm³/mol. The number of tetrazole rings is 1. The van der Waals surface area contributed by atoms with Gasteiger partial charge in [-0.2, -0.15) is 10.3 Å². The quantitative estimate of drug-likeness (QED) is 0.377. The highest BCUT2D eigenvalue weighted by molar-refractivity contribution is 7.20. The largest absolute Gasteiger partial charge is 0.486 e. The van der Waals surface area contributed by atoms with Gasteiger partial charge in [0.25, 0.3) is 5.91 Å². The summed E-state index contributed by atoms with van der Waals surface area (Å²) in [6, 6.07) is 13.0. The highest BCUT2D eigenvalue weighted by atomic mass is 32.1. The second-order valence-electron chi connectivity index (χ2n) is 9.64. The molecule has 12 heteroatoms. The molecule has 0 radical (unpaired) electrons. The molecule has 2 aliphatic rings. The first-order valence-corrected chi connectivity index (χ1v) is 13.1. The van der Waals surface area contributed by atoms with Gasteiger partial charge >= 0.3 is 0 Å². The summed E-state index contributed by atoms with van der Waals surface area (Å²) >= 11 is 1.43. The molecule has 0 unspecified atom stereocenters. The molecule has 1 N–H and O–H groups in total. The third kappa shape index (κ3) is 3.67. The molecule has 1 fully saturated rings.